The lowest BCUT2D eigenvalue weighted by atomic mass is 10.2. The molecule has 0 N–H and O–H groups in total. The molecular weight excluding hydrogens is 238 g/mol. The van der Waals surface area contributed by atoms with Gasteiger partial charge in [0, 0.05) is 12.4 Å². The van der Waals surface area contributed by atoms with E-state index in [0.29, 0.717) is 30.5 Å². The molecule has 0 radical (unpaired) electrons. The molecule has 5 nitrogen and oxygen atoms in total. The number of nitrogens with zero attached hydrogens (tertiary/aromatic N) is 3. The first-order valence-electron chi connectivity index (χ1n) is 4.55. The standard InChI is InChI=1S/C8H10ClN3O2S/c9-3-6-5-14-2-1-12(6)8(13)7-4-10-11-15-7/h4,6H,1-3,5H2. The van der Waals surface area contributed by atoms with Crippen molar-refractivity contribution in [3.8, 4) is 0 Å². The first-order valence-corrected chi connectivity index (χ1v) is 5.85. The molecular formula is C8H10ClN3O2S. The first-order chi connectivity index (χ1) is 7.33. The molecule has 1 fully saturated rings. The summed E-state index contributed by atoms with van der Waals surface area (Å²) >= 11 is 6.88. The number of hydrogen-bond acceptors (Lipinski definition) is 5. The second-order valence-corrected chi connectivity index (χ2v) is 4.26. The van der Waals surface area contributed by atoms with Crippen molar-refractivity contribution in [1.29, 1.82) is 0 Å². The first kappa shape index (κ1) is 10.8. The third-order valence-corrected chi connectivity index (χ3v) is 3.25. The highest BCUT2D eigenvalue weighted by Gasteiger charge is 2.28. The van der Waals surface area contributed by atoms with Gasteiger partial charge in [-0.05, 0) is 11.5 Å². The van der Waals surface area contributed by atoms with Crippen LogP contribution in [0.25, 0.3) is 0 Å². The van der Waals surface area contributed by atoms with Crippen LogP contribution in [-0.4, -0.2) is 52.1 Å². The van der Waals surface area contributed by atoms with Crippen LogP contribution < -0.4 is 0 Å². The zero-order chi connectivity index (χ0) is 10.7. The maximum Gasteiger partial charge on any atom is 0.267 e. The van der Waals surface area contributed by atoms with Crippen molar-refractivity contribution in [2.24, 2.45) is 0 Å². The predicted octanol–water partition coefficient (Wildman–Crippen LogP) is 0.618. The van der Waals surface area contributed by atoms with Gasteiger partial charge < -0.3 is 9.64 Å². The summed E-state index contributed by atoms with van der Waals surface area (Å²) in [4.78, 5) is 14.2. The van der Waals surface area contributed by atoms with Crippen LogP contribution in [0.1, 0.15) is 9.67 Å². The smallest absolute Gasteiger partial charge is 0.267 e. The summed E-state index contributed by atoms with van der Waals surface area (Å²) in [5.41, 5.74) is 0. The third kappa shape index (κ3) is 2.27. The van der Waals surface area contributed by atoms with E-state index < -0.39 is 0 Å². The van der Waals surface area contributed by atoms with Crippen molar-refractivity contribution >= 4 is 29.0 Å². The Balaban J connectivity index is 2.11. The van der Waals surface area contributed by atoms with Gasteiger partial charge in [0.05, 0.1) is 25.5 Å². The minimum atomic E-state index is -0.0565. The molecule has 1 aromatic heterocycles. The van der Waals surface area contributed by atoms with E-state index in [1.165, 1.54) is 6.20 Å². The fraction of sp³-hybridized carbons (Fsp3) is 0.625. The minimum absolute atomic E-state index is 0.0463. The molecule has 0 bridgehead atoms. The van der Waals surface area contributed by atoms with E-state index in [-0.39, 0.29) is 11.9 Å². The Morgan fingerprint density at radius 2 is 2.67 bits per heavy atom. The van der Waals surface area contributed by atoms with E-state index in [4.69, 9.17) is 16.3 Å². The highest BCUT2D eigenvalue weighted by atomic mass is 35.5. The molecule has 2 rings (SSSR count). The quantitative estimate of drug-likeness (QED) is 0.719. The van der Waals surface area contributed by atoms with Crippen LogP contribution in [0.4, 0.5) is 0 Å². The van der Waals surface area contributed by atoms with Crippen molar-refractivity contribution < 1.29 is 9.53 Å². The Labute approximate surface area is 96.1 Å². The number of hydrogen-bond donors (Lipinski definition) is 0. The Morgan fingerprint density at radius 1 is 1.80 bits per heavy atom. The van der Waals surface area contributed by atoms with Crippen molar-refractivity contribution in [2.45, 2.75) is 6.04 Å². The second kappa shape index (κ2) is 4.87. The lowest BCUT2D eigenvalue weighted by Gasteiger charge is -2.33. The number of carbonyl (C=O) groups is 1. The lowest BCUT2D eigenvalue weighted by Crippen LogP contribution is -2.49. The molecule has 1 unspecified atom stereocenters. The Morgan fingerprint density at radius 3 is 3.33 bits per heavy atom. The maximum atomic E-state index is 12.0. The number of ether oxygens (including phenoxy) is 1. The molecule has 0 aromatic carbocycles. The average Bonchev–Trinajstić information content (AvgIpc) is 2.81. The van der Waals surface area contributed by atoms with Gasteiger partial charge in [0.15, 0.2) is 0 Å². The van der Waals surface area contributed by atoms with Gasteiger partial charge >= 0.3 is 0 Å². The third-order valence-electron chi connectivity index (χ3n) is 2.24. The minimum Gasteiger partial charge on any atom is -0.377 e. The van der Waals surface area contributed by atoms with Crippen molar-refractivity contribution in [3.05, 3.63) is 11.1 Å². The van der Waals surface area contributed by atoms with E-state index >= 15 is 0 Å². The van der Waals surface area contributed by atoms with E-state index in [2.05, 4.69) is 9.59 Å². The normalized spacial score (nSPS) is 21.7. The van der Waals surface area contributed by atoms with E-state index in [1.807, 2.05) is 0 Å². The largest absolute Gasteiger partial charge is 0.377 e. The van der Waals surface area contributed by atoms with Crippen LogP contribution in [0, 0.1) is 0 Å². The molecule has 1 amide bonds. The summed E-state index contributed by atoms with van der Waals surface area (Å²) in [5, 5.41) is 3.65. The fourth-order valence-corrected chi connectivity index (χ4v) is 2.18. The summed E-state index contributed by atoms with van der Waals surface area (Å²) in [6, 6.07) is -0.0463. The fourth-order valence-electron chi connectivity index (χ4n) is 1.45. The molecule has 1 atom stereocenters. The van der Waals surface area contributed by atoms with E-state index in [0.717, 1.165) is 11.5 Å². The van der Waals surface area contributed by atoms with Gasteiger partial charge in [-0.15, -0.1) is 16.7 Å². The Bertz CT molecular complexity index is 333. The van der Waals surface area contributed by atoms with Crippen molar-refractivity contribution in [2.75, 3.05) is 25.6 Å². The van der Waals surface area contributed by atoms with Crippen molar-refractivity contribution in [1.82, 2.24) is 14.5 Å². The number of rotatable bonds is 2. The molecule has 1 saturated heterocycles. The van der Waals surface area contributed by atoms with Gasteiger partial charge in [-0.1, -0.05) is 4.49 Å². The van der Waals surface area contributed by atoms with E-state index in [9.17, 15) is 4.79 Å². The monoisotopic (exact) mass is 247 g/mol. The molecule has 1 aliphatic heterocycles. The molecule has 1 aliphatic rings. The van der Waals surface area contributed by atoms with E-state index in [1.54, 1.807) is 4.90 Å². The number of amides is 1. The molecule has 0 saturated carbocycles. The van der Waals surface area contributed by atoms with Crippen LogP contribution in [0.3, 0.4) is 0 Å². The van der Waals surface area contributed by atoms with Gasteiger partial charge in [0.2, 0.25) is 0 Å². The van der Waals surface area contributed by atoms with Crippen LogP contribution >= 0.6 is 23.1 Å². The van der Waals surface area contributed by atoms with Gasteiger partial charge in [0.25, 0.3) is 5.91 Å². The molecule has 82 valence electrons. The Hall–Kier alpha value is -0.720. The number of carbonyl (C=O) groups excluding carboxylic acids is 1. The van der Waals surface area contributed by atoms with Crippen molar-refractivity contribution in [3.63, 3.8) is 0 Å². The molecule has 1 aromatic rings. The highest BCUT2D eigenvalue weighted by molar-refractivity contribution is 7.07. The summed E-state index contributed by atoms with van der Waals surface area (Å²) in [6.45, 7) is 1.64. The molecule has 0 spiro atoms. The maximum absolute atomic E-state index is 12.0. The Kier molecular flexibility index (Phi) is 3.50. The number of morpholine rings is 1. The molecule has 15 heavy (non-hydrogen) atoms. The number of aromatic nitrogens is 2. The zero-order valence-electron chi connectivity index (χ0n) is 7.93. The molecule has 0 aliphatic carbocycles. The molecule has 2 heterocycles. The average molecular weight is 248 g/mol. The number of alkyl halides is 1. The van der Waals surface area contributed by atoms with Gasteiger partial charge in [-0.2, -0.15) is 0 Å². The lowest BCUT2D eigenvalue weighted by molar-refractivity contribution is 0.00482. The molecule has 7 heteroatoms. The van der Waals surface area contributed by atoms with Crippen LogP contribution in [0.5, 0.6) is 0 Å². The number of halogens is 1. The van der Waals surface area contributed by atoms with Crippen LogP contribution in [0.2, 0.25) is 0 Å². The summed E-state index contributed by atoms with van der Waals surface area (Å²) in [6.07, 6.45) is 1.48. The highest BCUT2D eigenvalue weighted by Crippen LogP contribution is 2.14. The van der Waals surface area contributed by atoms with Gasteiger partial charge in [-0.3, -0.25) is 4.79 Å². The van der Waals surface area contributed by atoms with Gasteiger partial charge in [-0.25, -0.2) is 0 Å². The summed E-state index contributed by atoms with van der Waals surface area (Å²) < 4.78 is 8.93. The van der Waals surface area contributed by atoms with Gasteiger partial charge in [0.1, 0.15) is 4.88 Å². The summed E-state index contributed by atoms with van der Waals surface area (Å²) in [7, 11) is 0. The SMILES string of the molecule is O=C(c1cnns1)N1CCOCC1CCl. The van der Waals surface area contributed by atoms with Crippen LogP contribution in [0.15, 0.2) is 6.20 Å². The zero-order valence-corrected chi connectivity index (χ0v) is 9.50. The topological polar surface area (TPSA) is 55.3 Å². The second-order valence-electron chi connectivity index (χ2n) is 3.16. The summed E-state index contributed by atoms with van der Waals surface area (Å²) in [5.74, 6) is 0.330. The predicted molar refractivity (Wildman–Crippen MR) is 56.3 cm³/mol. The van der Waals surface area contributed by atoms with Crippen LogP contribution in [-0.2, 0) is 4.74 Å².